The van der Waals surface area contributed by atoms with Gasteiger partial charge in [-0.2, -0.15) is 0 Å². The average Bonchev–Trinajstić information content (AvgIpc) is 3.16. The van der Waals surface area contributed by atoms with Gasteiger partial charge in [0.2, 0.25) is 0 Å². The Balaban J connectivity index is 1.84. The van der Waals surface area contributed by atoms with Crippen LogP contribution >= 0.6 is 0 Å². The van der Waals surface area contributed by atoms with Crippen molar-refractivity contribution in [3.63, 3.8) is 0 Å². The molecule has 1 aliphatic heterocycles. The Morgan fingerprint density at radius 2 is 1.92 bits per heavy atom. The normalized spacial score (nSPS) is 14.0. The van der Waals surface area contributed by atoms with Gasteiger partial charge >= 0.3 is 0 Å². The Morgan fingerprint density at radius 3 is 2.69 bits per heavy atom. The second-order valence-electron chi connectivity index (χ2n) is 6.86. The van der Waals surface area contributed by atoms with Crippen LogP contribution in [0.5, 0.6) is 0 Å². The number of hydrogen-bond donors (Lipinski definition) is 1. The maximum absolute atomic E-state index is 13.1. The number of carbonyl (C=O) groups is 1. The van der Waals surface area contributed by atoms with Crippen molar-refractivity contribution in [1.29, 1.82) is 0 Å². The number of aryl methyl sites for hydroxylation is 2. The van der Waals surface area contributed by atoms with Crippen molar-refractivity contribution >= 4 is 28.3 Å². The van der Waals surface area contributed by atoms with E-state index in [1.165, 1.54) is 0 Å². The number of aromatic nitrogens is 2. The largest absolute Gasteiger partial charge is 0.354 e. The molecule has 1 fully saturated rings. The Hall–Kier alpha value is -2.95. The summed E-state index contributed by atoms with van der Waals surface area (Å²) >= 11 is 0. The highest BCUT2D eigenvalue weighted by atomic mass is 16.2. The minimum Gasteiger partial charge on any atom is -0.354 e. The molecule has 0 saturated carbocycles. The molecule has 3 heterocycles. The lowest BCUT2D eigenvalue weighted by atomic mass is 10.1. The maximum atomic E-state index is 13.1. The Bertz CT molecular complexity index is 977. The van der Waals surface area contributed by atoms with E-state index >= 15 is 0 Å². The van der Waals surface area contributed by atoms with Gasteiger partial charge in [0.1, 0.15) is 0 Å². The summed E-state index contributed by atoms with van der Waals surface area (Å²) in [7, 11) is 0. The molecule has 2 aromatic heterocycles. The van der Waals surface area contributed by atoms with Crippen molar-refractivity contribution in [2.45, 2.75) is 26.7 Å². The number of nitrogens with zero attached hydrogens (tertiary/aromatic N) is 3. The molecule has 1 aliphatic rings. The summed E-state index contributed by atoms with van der Waals surface area (Å²) in [5.74, 6) is 0.0348. The molecule has 0 aliphatic carbocycles. The van der Waals surface area contributed by atoms with Crippen LogP contribution in [0.15, 0.2) is 42.6 Å². The third-order valence-electron chi connectivity index (χ3n) is 4.78. The summed E-state index contributed by atoms with van der Waals surface area (Å²) in [4.78, 5) is 23.9. The number of fused-ring (bicyclic) bond motifs is 1. The van der Waals surface area contributed by atoms with Crippen molar-refractivity contribution in [3.05, 3.63) is 59.4 Å². The number of pyridine rings is 2. The zero-order valence-corrected chi connectivity index (χ0v) is 15.1. The van der Waals surface area contributed by atoms with Crippen LogP contribution in [-0.4, -0.2) is 33.9 Å². The van der Waals surface area contributed by atoms with Crippen molar-refractivity contribution in [2.24, 2.45) is 0 Å². The van der Waals surface area contributed by atoms with E-state index in [0.717, 1.165) is 53.9 Å². The average molecular weight is 346 g/mol. The van der Waals surface area contributed by atoms with Crippen LogP contribution in [0.25, 0.3) is 11.0 Å². The molecule has 0 bridgehead atoms. The number of likely N-dealkylation sites (tertiary alicyclic amines) is 1. The third kappa shape index (κ3) is 3.12. The Morgan fingerprint density at radius 1 is 1.12 bits per heavy atom. The van der Waals surface area contributed by atoms with E-state index < -0.39 is 0 Å². The fourth-order valence-electron chi connectivity index (χ4n) is 3.43. The molecule has 4 rings (SSSR count). The van der Waals surface area contributed by atoms with E-state index in [1.807, 2.05) is 36.1 Å². The van der Waals surface area contributed by atoms with Gasteiger partial charge in [-0.15, -0.1) is 0 Å². The molecule has 132 valence electrons. The first kappa shape index (κ1) is 16.5. The van der Waals surface area contributed by atoms with Crippen LogP contribution in [0.1, 0.15) is 34.5 Å². The van der Waals surface area contributed by atoms with Crippen molar-refractivity contribution < 1.29 is 4.79 Å². The summed E-state index contributed by atoms with van der Waals surface area (Å²) in [6, 6.07) is 12.1. The van der Waals surface area contributed by atoms with Crippen LogP contribution < -0.4 is 5.32 Å². The van der Waals surface area contributed by atoms with Gasteiger partial charge in [0, 0.05) is 36.1 Å². The number of anilines is 2. The molecule has 1 N–H and O–H groups in total. The molecule has 1 saturated heterocycles. The Kier molecular flexibility index (Phi) is 4.29. The summed E-state index contributed by atoms with van der Waals surface area (Å²) in [6.45, 7) is 5.62. The first-order valence-corrected chi connectivity index (χ1v) is 9.01. The van der Waals surface area contributed by atoms with Gasteiger partial charge in [-0.1, -0.05) is 12.1 Å². The van der Waals surface area contributed by atoms with Crippen molar-refractivity contribution in [3.8, 4) is 0 Å². The fraction of sp³-hybridized carbons (Fsp3) is 0.286. The predicted molar refractivity (Wildman–Crippen MR) is 104 cm³/mol. The highest BCUT2D eigenvalue weighted by Gasteiger charge is 2.24. The van der Waals surface area contributed by atoms with Gasteiger partial charge < -0.3 is 10.2 Å². The van der Waals surface area contributed by atoms with E-state index in [4.69, 9.17) is 0 Å². The number of rotatable bonds is 3. The topological polar surface area (TPSA) is 58.1 Å². The smallest absolute Gasteiger partial charge is 0.257 e. The zero-order valence-electron chi connectivity index (χ0n) is 15.1. The number of nitrogens with one attached hydrogen (secondary N) is 1. The monoisotopic (exact) mass is 346 g/mol. The van der Waals surface area contributed by atoms with E-state index in [9.17, 15) is 4.79 Å². The molecule has 5 nitrogen and oxygen atoms in total. The lowest BCUT2D eigenvalue weighted by Gasteiger charge is -2.19. The number of hydrogen-bond acceptors (Lipinski definition) is 4. The van der Waals surface area contributed by atoms with Crippen LogP contribution in [-0.2, 0) is 0 Å². The molecule has 1 amide bonds. The standard InChI is InChI=1S/C21H22N4O/c1-14-6-5-7-16(12-14)24-19-17-9-8-15(2)23-20(17)22-13-18(19)21(26)25-10-3-4-11-25/h5-9,12-13H,3-4,10-11H2,1-2H3,(H,22,23,24). The molecule has 0 atom stereocenters. The lowest BCUT2D eigenvalue weighted by molar-refractivity contribution is 0.0793. The number of benzene rings is 1. The van der Waals surface area contributed by atoms with Gasteiger partial charge in [-0.3, -0.25) is 4.79 Å². The van der Waals surface area contributed by atoms with Crippen LogP contribution in [0.4, 0.5) is 11.4 Å². The van der Waals surface area contributed by atoms with Gasteiger partial charge in [0.15, 0.2) is 5.65 Å². The minimum absolute atomic E-state index is 0.0348. The molecule has 0 spiro atoms. The van der Waals surface area contributed by atoms with E-state index in [0.29, 0.717) is 11.2 Å². The summed E-state index contributed by atoms with van der Waals surface area (Å²) in [5, 5.41) is 4.32. The van der Waals surface area contributed by atoms with E-state index in [2.05, 4.69) is 34.3 Å². The lowest BCUT2D eigenvalue weighted by Crippen LogP contribution is -2.28. The quantitative estimate of drug-likeness (QED) is 0.771. The second-order valence-corrected chi connectivity index (χ2v) is 6.86. The zero-order chi connectivity index (χ0) is 18.1. The van der Waals surface area contributed by atoms with Gasteiger partial charge in [0.25, 0.3) is 5.91 Å². The SMILES string of the molecule is Cc1cccc(Nc2c(C(=O)N3CCCC3)cnc3nc(C)ccc23)c1. The van der Waals surface area contributed by atoms with Crippen molar-refractivity contribution in [2.75, 3.05) is 18.4 Å². The summed E-state index contributed by atoms with van der Waals surface area (Å²) in [6.07, 6.45) is 3.79. The van der Waals surface area contributed by atoms with Gasteiger partial charge in [0.05, 0.1) is 11.3 Å². The number of amides is 1. The van der Waals surface area contributed by atoms with Crippen LogP contribution in [0.2, 0.25) is 0 Å². The molecule has 26 heavy (non-hydrogen) atoms. The first-order chi connectivity index (χ1) is 12.6. The van der Waals surface area contributed by atoms with Gasteiger partial charge in [-0.25, -0.2) is 9.97 Å². The van der Waals surface area contributed by atoms with Gasteiger partial charge in [-0.05, 0) is 56.5 Å². The highest BCUT2D eigenvalue weighted by Crippen LogP contribution is 2.30. The highest BCUT2D eigenvalue weighted by molar-refractivity contribution is 6.07. The maximum Gasteiger partial charge on any atom is 0.257 e. The van der Waals surface area contributed by atoms with E-state index in [1.54, 1.807) is 6.20 Å². The minimum atomic E-state index is 0.0348. The summed E-state index contributed by atoms with van der Waals surface area (Å²) in [5.41, 5.74) is 5.06. The molecule has 0 radical (unpaired) electrons. The van der Waals surface area contributed by atoms with E-state index in [-0.39, 0.29) is 5.91 Å². The Labute approximate surface area is 153 Å². The molecule has 3 aromatic rings. The number of carbonyl (C=O) groups excluding carboxylic acids is 1. The fourth-order valence-corrected chi connectivity index (χ4v) is 3.43. The predicted octanol–water partition coefficient (Wildman–Crippen LogP) is 4.23. The molecular weight excluding hydrogens is 324 g/mol. The summed E-state index contributed by atoms with van der Waals surface area (Å²) < 4.78 is 0. The van der Waals surface area contributed by atoms with Crippen LogP contribution in [0.3, 0.4) is 0 Å². The molecule has 1 aromatic carbocycles. The third-order valence-corrected chi connectivity index (χ3v) is 4.78. The second kappa shape index (κ2) is 6.75. The van der Waals surface area contributed by atoms with Crippen molar-refractivity contribution in [1.82, 2.24) is 14.9 Å². The van der Waals surface area contributed by atoms with Crippen LogP contribution in [0, 0.1) is 13.8 Å². The molecular formula is C21H22N4O. The first-order valence-electron chi connectivity index (χ1n) is 9.01. The molecule has 5 heteroatoms. The molecule has 0 unspecified atom stereocenters.